The molecular weight excluding hydrogens is 214 g/mol. The Kier molecular flexibility index (Phi) is 2.65. The van der Waals surface area contributed by atoms with Crippen LogP contribution in [0.15, 0.2) is 12.4 Å². The molecule has 3 atom stereocenters. The van der Waals surface area contributed by atoms with Crippen LogP contribution >= 0.6 is 0 Å². The van der Waals surface area contributed by atoms with Crippen LogP contribution in [0.5, 0.6) is 0 Å². The SMILES string of the molecule is CC(NC(=O)C1C2CCCCC21)c1cn[nH]c1. The molecule has 3 rings (SSSR count). The smallest absolute Gasteiger partial charge is 0.224 e. The van der Waals surface area contributed by atoms with Crippen LogP contribution in [0.2, 0.25) is 0 Å². The fourth-order valence-electron chi connectivity index (χ4n) is 3.27. The molecule has 17 heavy (non-hydrogen) atoms. The second-order valence-corrected chi connectivity index (χ2v) is 5.40. The number of hydrogen-bond donors (Lipinski definition) is 2. The van der Waals surface area contributed by atoms with Crippen LogP contribution in [0.25, 0.3) is 0 Å². The fraction of sp³-hybridized carbons (Fsp3) is 0.692. The van der Waals surface area contributed by atoms with Crippen molar-refractivity contribution in [1.82, 2.24) is 15.5 Å². The predicted octanol–water partition coefficient (Wildman–Crippen LogP) is 2.02. The number of aromatic amines is 1. The maximum Gasteiger partial charge on any atom is 0.224 e. The molecule has 0 aliphatic heterocycles. The average molecular weight is 233 g/mol. The third kappa shape index (κ3) is 1.96. The molecule has 2 saturated carbocycles. The number of fused-ring (bicyclic) bond motifs is 1. The third-order valence-corrected chi connectivity index (χ3v) is 4.34. The molecule has 0 saturated heterocycles. The minimum absolute atomic E-state index is 0.0592. The van der Waals surface area contributed by atoms with E-state index in [4.69, 9.17) is 0 Å². The lowest BCUT2D eigenvalue weighted by molar-refractivity contribution is -0.123. The average Bonchev–Trinajstić information content (AvgIpc) is 2.80. The lowest BCUT2D eigenvalue weighted by Crippen LogP contribution is -2.28. The first kappa shape index (κ1) is 10.8. The number of hydrogen-bond acceptors (Lipinski definition) is 2. The molecule has 2 fully saturated rings. The monoisotopic (exact) mass is 233 g/mol. The summed E-state index contributed by atoms with van der Waals surface area (Å²) in [6, 6.07) is 0.0592. The summed E-state index contributed by atoms with van der Waals surface area (Å²) in [6.45, 7) is 2.01. The maximum absolute atomic E-state index is 12.1. The van der Waals surface area contributed by atoms with Crippen molar-refractivity contribution in [3.05, 3.63) is 18.0 Å². The van der Waals surface area contributed by atoms with Crippen molar-refractivity contribution in [2.75, 3.05) is 0 Å². The molecule has 3 unspecified atom stereocenters. The molecule has 2 aliphatic carbocycles. The summed E-state index contributed by atoms with van der Waals surface area (Å²) in [5.41, 5.74) is 1.04. The molecule has 2 aliphatic rings. The van der Waals surface area contributed by atoms with Crippen LogP contribution in [0.1, 0.15) is 44.2 Å². The van der Waals surface area contributed by atoms with E-state index in [1.165, 1.54) is 25.7 Å². The van der Waals surface area contributed by atoms with Gasteiger partial charge in [-0.05, 0) is 31.6 Å². The molecule has 0 bridgehead atoms. The van der Waals surface area contributed by atoms with Crippen LogP contribution in [0, 0.1) is 17.8 Å². The van der Waals surface area contributed by atoms with Crippen LogP contribution < -0.4 is 5.32 Å². The molecule has 0 radical (unpaired) electrons. The summed E-state index contributed by atoms with van der Waals surface area (Å²) in [6.07, 6.45) is 8.73. The standard InChI is InChI=1S/C13H19N3O/c1-8(9-6-14-15-7-9)16-13(17)12-10-4-2-3-5-11(10)12/h6-8,10-12H,2-5H2,1H3,(H,14,15)(H,16,17). The van der Waals surface area contributed by atoms with Gasteiger partial charge in [-0.2, -0.15) is 5.10 Å². The number of rotatable bonds is 3. The summed E-state index contributed by atoms with van der Waals surface area (Å²) < 4.78 is 0. The second-order valence-electron chi connectivity index (χ2n) is 5.40. The van der Waals surface area contributed by atoms with Crippen molar-refractivity contribution in [2.45, 2.75) is 38.6 Å². The normalized spacial score (nSPS) is 32.6. The van der Waals surface area contributed by atoms with Gasteiger partial charge in [0.25, 0.3) is 0 Å². The molecule has 92 valence electrons. The first-order valence-corrected chi connectivity index (χ1v) is 6.56. The Morgan fingerprint density at radius 1 is 1.47 bits per heavy atom. The Morgan fingerprint density at radius 2 is 2.18 bits per heavy atom. The van der Waals surface area contributed by atoms with Crippen molar-refractivity contribution in [1.29, 1.82) is 0 Å². The zero-order valence-electron chi connectivity index (χ0n) is 10.1. The summed E-state index contributed by atoms with van der Waals surface area (Å²) in [4.78, 5) is 12.1. The quantitative estimate of drug-likeness (QED) is 0.839. The highest BCUT2D eigenvalue weighted by atomic mass is 16.2. The predicted molar refractivity (Wildman–Crippen MR) is 64.1 cm³/mol. The number of H-pyrrole nitrogens is 1. The van der Waals surface area contributed by atoms with Gasteiger partial charge in [-0.25, -0.2) is 0 Å². The largest absolute Gasteiger partial charge is 0.349 e. The number of aromatic nitrogens is 2. The van der Waals surface area contributed by atoms with E-state index in [1.807, 2.05) is 13.1 Å². The Bertz CT molecular complexity index is 389. The molecule has 1 amide bonds. The van der Waals surface area contributed by atoms with Crippen molar-refractivity contribution >= 4 is 5.91 Å². The molecule has 1 aromatic rings. The van der Waals surface area contributed by atoms with Gasteiger partial charge in [-0.15, -0.1) is 0 Å². The van der Waals surface area contributed by atoms with E-state index in [0.29, 0.717) is 17.8 Å². The Hall–Kier alpha value is -1.32. The molecule has 0 aromatic carbocycles. The number of nitrogens with one attached hydrogen (secondary N) is 2. The Balaban J connectivity index is 1.57. The van der Waals surface area contributed by atoms with Gasteiger partial charge in [0, 0.05) is 17.7 Å². The van der Waals surface area contributed by atoms with Crippen LogP contribution in [0.4, 0.5) is 0 Å². The van der Waals surface area contributed by atoms with E-state index in [0.717, 1.165) is 5.56 Å². The number of nitrogens with zero attached hydrogens (tertiary/aromatic N) is 1. The zero-order valence-corrected chi connectivity index (χ0v) is 10.1. The number of carbonyl (C=O) groups excluding carboxylic acids is 1. The van der Waals surface area contributed by atoms with Crippen LogP contribution in [-0.4, -0.2) is 16.1 Å². The number of carbonyl (C=O) groups is 1. The molecule has 0 spiro atoms. The fourth-order valence-corrected chi connectivity index (χ4v) is 3.27. The van der Waals surface area contributed by atoms with Crippen molar-refractivity contribution in [2.24, 2.45) is 17.8 Å². The molecular formula is C13H19N3O. The van der Waals surface area contributed by atoms with Crippen LogP contribution in [-0.2, 0) is 4.79 Å². The minimum Gasteiger partial charge on any atom is -0.349 e. The molecule has 2 N–H and O–H groups in total. The van der Waals surface area contributed by atoms with E-state index in [9.17, 15) is 4.79 Å². The number of amides is 1. The van der Waals surface area contributed by atoms with E-state index in [-0.39, 0.29) is 11.9 Å². The molecule has 4 heteroatoms. The van der Waals surface area contributed by atoms with E-state index >= 15 is 0 Å². The molecule has 4 nitrogen and oxygen atoms in total. The highest BCUT2D eigenvalue weighted by Crippen LogP contribution is 2.55. The van der Waals surface area contributed by atoms with Gasteiger partial charge in [0.05, 0.1) is 12.2 Å². The summed E-state index contributed by atoms with van der Waals surface area (Å²) in [7, 11) is 0. The van der Waals surface area contributed by atoms with E-state index in [2.05, 4.69) is 15.5 Å². The minimum atomic E-state index is 0.0592. The van der Waals surface area contributed by atoms with Gasteiger partial charge in [-0.3, -0.25) is 9.89 Å². The van der Waals surface area contributed by atoms with Gasteiger partial charge in [0.15, 0.2) is 0 Å². The zero-order chi connectivity index (χ0) is 11.8. The van der Waals surface area contributed by atoms with Gasteiger partial charge >= 0.3 is 0 Å². The Morgan fingerprint density at radius 3 is 2.76 bits per heavy atom. The van der Waals surface area contributed by atoms with E-state index in [1.54, 1.807) is 6.20 Å². The van der Waals surface area contributed by atoms with E-state index < -0.39 is 0 Å². The third-order valence-electron chi connectivity index (χ3n) is 4.34. The van der Waals surface area contributed by atoms with Gasteiger partial charge in [-0.1, -0.05) is 12.8 Å². The Labute approximate surface area is 101 Å². The molecule has 1 aromatic heterocycles. The van der Waals surface area contributed by atoms with Crippen molar-refractivity contribution < 1.29 is 4.79 Å². The maximum atomic E-state index is 12.1. The van der Waals surface area contributed by atoms with Crippen molar-refractivity contribution in [3.8, 4) is 0 Å². The summed E-state index contributed by atoms with van der Waals surface area (Å²) in [5, 5.41) is 9.79. The first-order valence-electron chi connectivity index (χ1n) is 6.56. The first-order chi connectivity index (χ1) is 8.27. The van der Waals surface area contributed by atoms with Gasteiger partial charge < -0.3 is 5.32 Å². The van der Waals surface area contributed by atoms with Crippen LogP contribution in [0.3, 0.4) is 0 Å². The highest BCUT2D eigenvalue weighted by Gasteiger charge is 2.54. The summed E-state index contributed by atoms with van der Waals surface area (Å²) >= 11 is 0. The lowest BCUT2D eigenvalue weighted by atomic mass is 10.0. The topological polar surface area (TPSA) is 57.8 Å². The second kappa shape index (κ2) is 4.17. The lowest BCUT2D eigenvalue weighted by Gasteiger charge is -2.11. The summed E-state index contributed by atoms with van der Waals surface area (Å²) in [5.74, 6) is 1.91. The van der Waals surface area contributed by atoms with Gasteiger partial charge in [0.1, 0.15) is 0 Å². The van der Waals surface area contributed by atoms with Gasteiger partial charge in [0.2, 0.25) is 5.91 Å². The highest BCUT2D eigenvalue weighted by molar-refractivity contribution is 5.82. The van der Waals surface area contributed by atoms with Crippen molar-refractivity contribution in [3.63, 3.8) is 0 Å². The molecule has 1 heterocycles.